The second-order valence-electron chi connectivity index (χ2n) is 4.60. The lowest BCUT2D eigenvalue weighted by Crippen LogP contribution is -2.41. The molecule has 1 amide bonds. The van der Waals surface area contributed by atoms with Crippen molar-refractivity contribution in [1.29, 1.82) is 0 Å². The van der Waals surface area contributed by atoms with Gasteiger partial charge in [0.25, 0.3) is 0 Å². The maximum absolute atomic E-state index is 12.2. The summed E-state index contributed by atoms with van der Waals surface area (Å²) in [4.78, 5) is 14.0. The maximum atomic E-state index is 12.2. The minimum absolute atomic E-state index is 0.127. The number of alkyl halides is 1. The molecule has 2 rings (SSSR count). The van der Waals surface area contributed by atoms with Crippen LogP contribution in [0.1, 0.15) is 38.4 Å². The van der Waals surface area contributed by atoms with Crippen molar-refractivity contribution < 1.29 is 9.21 Å². The molecule has 1 heterocycles. The number of hydrogen-bond donors (Lipinski definition) is 0. The van der Waals surface area contributed by atoms with Gasteiger partial charge in [0.05, 0.1) is 17.6 Å². The minimum atomic E-state index is -0.127. The van der Waals surface area contributed by atoms with E-state index in [1.54, 1.807) is 6.26 Å². The summed E-state index contributed by atoms with van der Waals surface area (Å²) in [6, 6.07) is 4.17. The van der Waals surface area contributed by atoms with Crippen molar-refractivity contribution in [2.24, 2.45) is 0 Å². The number of rotatable bonds is 4. The molecule has 0 spiro atoms. The average Bonchev–Trinajstić information content (AvgIpc) is 2.97. The second-order valence-corrected chi connectivity index (χ2v) is 5.97. The number of amides is 1. The fourth-order valence-electron chi connectivity index (χ4n) is 2.40. The summed E-state index contributed by atoms with van der Waals surface area (Å²) in [7, 11) is 0. The molecule has 1 atom stereocenters. The fraction of sp³-hybridized carbons (Fsp3) is 0.615. The first-order valence-corrected chi connectivity index (χ1v) is 7.07. The van der Waals surface area contributed by atoms with Crippen LogP contribution in [0.2, 0.25) is 0 Å². The lowest BCUT2D eigenvalue weighted by atomic mass is 10.2. The van der Waals surface area contributed by atoms with E-state index >= 15 is 0 Å². The van der Waals surface area contributed by atoms with Crippen LogP contribution < -0.4 is 0 Å². The molecule has 0 bridgehead atoms. The van der Waals surface area contributed by atoms with Gasteiger partial charge in [0, 0.05) is 6.04 Å². The van der Waals surface area contributed by atoms with E-state index in [0.717, 1.165) is 18.6 Å². The third-order valence-corrected chi connectivity index (χ3v) is 3.69. The smallest absolute Gasteiger partial charge is 0.236 e. The SMILES string of the molecule is CC(Br)C(=O)N(Cc1ccco1)C1CCCC1. The molecule has 0 aliphatic heterocycles. The van der Waals surface area contributed by atoms with Gasteiger partial charge in [0.2, 0.25) is 5.91 Å². The van der Waals surface area contributed by atoms with E-state index in [9.17, 15) is 4.79 Å². The van der Waals surface area contributed by atoms with Gasteiger partial charge in [0.1, 0.15) is 5.76 Å². The number of carbonyl (C=O) groups excluding carboxylic acids is 1. The topological polar surface area (TPSA) is 33.5 Å². The molecule has 0 aromatic carbocycles. The molecule has 0 radical (unpaired) electrons. The van der Waals surface area contributed by atoms with E-state index in [-0.39, 0.29) is 10.7 Å². The van der Waals surface area contributed by atoms with Crippen LogP contribution in [-0.2, 0) is 11.3 Å². The number of carbonyl (C=O) groups is 1. The lowest BCUT2D eigenvalue weighted by Gasteiger charge is -2.29. The summed E-state index contributed by atoms with van der Waals surface area (Å²) in [5.74, 6) is 1.02. The Kier molecular flexibility index (Phi) is 4.26. The largest absolute Gasteiger partial charge is 0.467 e. The average molecular weight is 300 g/mol. The van der Waals surface area contributed by atoms with E-state index in [1.807, 2.05) is 24.0 Å². The molecule has 0 N–H and O–H groups in total. The predicted octanol–water partition coefficient (Wildman–Crippen LogP) is 3.33. The van der Waals surface area contributed by atoms with Gasteiger partial charge in [-0.25, -0.2) is 0 Å². The Morgan fingerprint density at radius 3 is 2.82 bits per heavy atom. The molecule has 1 aromatic heterocycles. The molecule has 94 valence electrons. The Bertz CT molecular complexity index is 356. The van der Waals surface area contributed by atoms with E-state index in [4.69, 9.17) is 4.42 Å². The van der Waals surface area contributed by atoms with Gasteiger partial charge in [-0.3, -0.25) is 4.79 Å². The third kappa shape index (κ3) is 3.12. The van der Waals surface area contributed by atoms with Crippen molar-refractivity contribution in [1.82, 2.24) is 4.90 Å². The van der Waals surface area contributed by atoms with Crippen LogP contribution >= 0.6 is 15.9 Å². The van der Waals surface area contributed by atoms with Crippen molar-refractivity contribution in [2.75, 3.05) is 0 Å². The van der Waals surface area contributed by atoms with Crippen molar-refractivity contribution in [3.8, 4) is 0 Å². The highest BCUT2D eigenvalue weighted by Gasteiger charge is 2.29. The number of furan rings is 1. The number of nitrogens with zero attached hydrogens (tertiary/aromatic N) is 1. The van der Waals surface area contributed by atoms with Gasteiger partial charge in [0.15, 0.2) is 0 Å². The first-order chi connectivity index (χ1) is 8.18. The van der Waals surface area contributed by atoms with Gasteiger partial charge < -0.3 is 9.32 Å². The zero-order valence-corrected chi connectivity index (χ0v) is 11.6. The van der Waals surface area contributed by atoms with Crippen LogP contribution in [0.25, 0.3) is 0 Å². The number of halogens is 1. The summed E-state index contributed by atoms with van der Waals surface area (Å²) in [5.41, 5.74) is 0. The Hall–Kier alpha value is -0.770. The van der Waals surface area contributed by atoms with E-state index in [2.05, 4.69) is 15.9 Å². The first-order valence-electron chi connectivity index (χ1n) is 6.15. The van der Waals surface area contributed by atoms with E-state index in [0.29, 0.717) is 12.6 Å². The third-order valence-electron chi connectivity index (χ3n) is 3.30. The Morgan fingerprint density at radius 2 is 2.29 bits per heavy atom. The predicted molar refractivity (Wildman–Crippen MR) is 69.9 cm³/mol. The van der Waals surface area contributed by atoms with E-state index < -0.39 is 0 Å². The van der Waals surface area contributed by atoms with Crippen molar-refractivity contribution in [3.05, 3.63) is 24.2 Å². The quantitative estimate of drug-likeness (QED) is 0.799. The van der Waals surface area contributed by atoms with Crippen LogP contribution in [0.5, 0.6) is 0 Å². The maximum Gasteiger partial charge on any atom is 0.236 e. The van der Waals surface area contributed by atoms with Crippen molar-refractivity contribution in [2.45, 2.75) is 50.0 Å². The Balaban J connectivity index is 2.08. The van der Waals surface area contributed by atoms with Crippen LogP contribution in [-0.4, -0.2) is 21.7 Å². The molecule has 0 saturated heterocycles. The van der Waals surface area contributed by atoms with Gasteiger partial charge in [-0.2, -0.15) is 0 Å². The normalized spacial score (nSPS) is 18.2. The summed E-state index contributed by atoms with van der Waals surface area (Å²) >= 11 is 3.37. The molecule has 1 unspecified atom stereocenters. The van der Waals surface area contributed by atoms with Crippen LogP contribution in [0, 0.1) is 0 Å². The van der Waals surface area contributed by atoms with Crippen molar-refractivity contribution >= 4 is 21.8 Å². The standard InChI is InChI=1S/C13H18BrNO2/c1-10(14)13(16)15(11-5-2-3-6-11)9-12-7-4-8-17-12/h4,7-8,10-11H,2-3,5-6,9H2,1H3. The van der Waals surface area contributed by atoms with Crippen LogP contribution in [0.15, 0.2) is 22.8 Å². The highest BCUT2D eigenvalue weighted by molar-refractivity contribution is 9.10. The fourth-order valence-corrected chi connectivity index (χ4v) is 2.66. The molecule has 17 heavy (non-hydrogen) atoms. The van der Waals surface area contributed by atoms with Crippen molar-refractivity contribution in [3.63, 3.8) is 0 Å². The van der Waals surface area contributed by atoms with Crippen LogP contribution in [0.3, 0.4) is 0 Å². The first kappa shape index (κ1) is 12.7. The highest BCUT2D eigenvalue weighted by Crippen LogP contribution is 2.26. The van der Waals surface area contributed by atoms with Gasteiger partial charge in [-0.15, -0.1) is 0 Å². The molecule has 1 saturated carbocycles. The monoisotopic (exact) mass is 299 g/mol. The summed E-state index contributed by atoms with van der Waals surface area (Å²) in [6.45, 7) is 2.47. The molecule has 4 heteroatoms. The number of hydrogen-bond acceptors (Lipinski definition) is 2. The minimum Gasteiger partial charge on any atom is -0.467 e. The summed E-state index contributed by atoms with van der Waals surface area (Å²) in [6.07, 6.45) is 6.34. The van der Waals surface area contributed by atoms with Gasteiger partial charge in [-0.1, -0.05) is 28.8 Å². The highest BCUT2D eigenvalue weighted by atomic mass is 79.9. The Morgan fingerprint density at radius 1 is 1.59 bits per heavy atom. The molecular weight excluding hydrogens is 282 g/mol. The second kappa shape index (κ2) is 5.71. The van der Waals surface area contributed by atoms with Gasteiger partial charge >= 0.3 is 0 Å². The van der Waals surface area contributed by atoms with Crippen LogP contribution in [0.4, 0.5) is 0 Å². The summed E-state index contributed by atoms with van der Waals surface area (Å²) in [5, 5.41) is 0. The zero-order chi connectivity index (χ0) is 12.3. The lowest BCUT2D eigenvalue weighted by molar-refractivity contribution is -0.133. The molecule has 1 fully saturated rings. The molecule has 1 aliphatic rings. The molecule has 1 aromatic rings. The summed E-state index contributed by atoms with van der Waals surface area (Å²) < 4.78 is 5.34. The molecule has 3 nitrogen and oxygen atoms in total. The molecule has 1 aliphatic carbocycles. The Labute approximate surface area is 110 Å². The van der Waals surface area contributed by atoms with Gasteiger partial charge in [-0.05, 0) is 31.9 Å². The van der Waals surface area contributed by atoms with E-state index in [1.165, 1.54) is 12.8 Å². The zero-order valence-electron chi connectivity index (χ0n) is 10.1. The molecular formula is C13H18BrNO2.